The van der Waals surface area contributed by atoms with Gasteiger partial charge in [0.1, 0.15) is 0 Å². The highest BCUT2D eigenvalue weighted by molar-refractivity contribution is 5.90. The molecule has 0 aliphatic heterocycles. The Bertz CT molecular complexity index is 478. The van der Waals surface area contributed by atoms with Crippen molar-refractivity contribution in [3.8, 4) is 0 Å². The average molecular weight is 277 g/mol. The van der Waals surface area contributed by atoms with Crippen molar-refractivity contribution < 1.29 is 14.4 Å². The van der Waals surface area contributed by atoms with E-state index in [9.17, 15) is 9.59 Å². The smallest absolute Gasteiger partial charge is 0.336 e. The third-order valence-corrected chi connectivity index (χ3v) is 4.25. The second kappa shape index (κ2) is 5.43. The molecule has 0 spiro atoms. The highest BCUT2D eigenvalue weighted by Gasteiger charge is 2.52. The number of allylic oxidation sites excluding steroid dienone is 1. The van der Waals surface area contributed by atoms with Crippen molar-refractivity contribution in [2.45, 2.75) is 46.5 Å². The molecule has 1 fully saturated rings. The van der Waals surface area contributed by atoms with E-state index >= 15 is 0 Å². The average Bonchev–Trinajstić information content (AvgIpc) is 2.93. The molecule has 2 aliphatic carbocycles. The Morgan fingerprint density at radius 3 is 2.80 bits per heavy atom. The maximum Gasteiger partial charge on any atom is 0.358 e. The number of fused-ring (bicyclic) bond motifs is 2. The number of hydrogen-bond donors (Lipinski definition) is 1. The van der Waals surface area contributed by atoms with Gasteiger partial charge in [0.25, 0.3) is 5.91 Å². The molecule has 0 aromatic carbocycles. The monoisotopic (exact) mass is 277 g/mol. The van der Waals surface area contributed by atoms with E-state index < -0.39 is 11.4 Å². The lowest BCUT2D eigenvalue weighted by Crippen LogP contribution is -2.41. The van der Waals surface area contributed by atoms with Gasteiger partial charge in [-0.25, -0.2) is 4.79 Å². The molecule has 20 heavy (non-hydrogen) atoms. The highest BCUT2D eigenvalue weighted by atomic mass is 16.7. The molecule has 0 aromatic rings. The van der Waals surface area contributed by atoms with E-state index in [4.69, 9.17) is 4.84 Å². The summed E-state index contributed by atoms with van der Waals surface area (Å²) in [5, 5.41) is 0. The van der Waals surface area contributed by atoms with E-state index in [0.717, 1.165) is 25.7 Å². The van der Waals surface area contributed by atoms with E-state index in [2.05, 4.69) is 32.0 Å². The number of nitrogens with one attached hydrogen (secondary N) is 1. The van der Waals surface area contributed by atoms with E-state index in [0.29, 0.717) is 11.8 Å². The van der Waals surface area contributed by atoms with Crippen LogP contribution < -0.4 is 5.48 Å². The summed E-state index contributed by atoms with van der Waals surface area (Å²) in [6.45, 7) is 9.35. The molecule has 2 aliphatic rings. The Morgan fingerprint density at radius 1 is 1.55 bits per heavy atom. The van der Waals surface area contributed by atoms with Crippen molar-refractivity contribution >= 4 is 11.9 Å². The fraction of sp³-hybridized carbons (Fsp3) is 0.625. The van der Waals surface area contributed by atoms with Crippen molar-refractivity contribution in [3.05, 3.63) is 23.8 Å². The Hall–Kier alpha value is -1.58. The molecule has 0 saturated heterocycles. The molecule has 2 bridgehead atoms. The van der Waals surface area contributed by atoms with Crippen LogP contribution in [0.5, 0.6) is 0 Å². The molecule has 0 aromatic heterocycles. The van der Waals surface area contributed by atoms with E-state index in [1.165, 1.54) is 5.57 Å². The predicted molar refractivity (Wildman–Crippen MR) is 76.4 cm³/mol. The lowest BCUT2D eigenvalue weighted by Gasteiger charge is -2.29. The minimum absolute atomic E-state index is 0.181. The highest BCUT2D eigenvalue weighted by Crippen LogP contribution is 2.55. The number of carbonyl (C=O) groups excluding carboxylic acids is 2. The van der Waals surface area contributed by atoms with Gasteiger partial charge in [0.15, 0.2) is 0 Å². The van der Waals surface area contributed by atoms with Gasteiger partial charge in [-0.05, 0) is 44.4 Å². The zero-order valence-corrected chi connectivity index (χ0v) is 12.5. The molecule has 0 heterocycles. The summed E-state index contributed by atoms with van der Waals surface area (Å²) in [6.07, 6.45) is 5.93. The van der Waals surface area contributed by atoms with Crippen LogP contribution in [0.25, 0.3) is 0 Å². The maximum atomic E-state index is 12.5. The second-order valence-corrected chi connectivity index (χ2v) is 6.48. The van der Waals surface area contributed by atoms with E-state index in [1.807, 2.05) is 0 Å². The molecule has 2 unspecified atom stereocenters. The number of carbonyl (C=O) groups is 2. The summed E-state index contributed by atoms with van der Waals surface area (Å²) >= 11 is 0. The van der Waals surface area contributed by atoms with Gasteiger partial charge in [0, 0.05) is 5.57 Å². The molecule has 4 heteroatoms. The van der Waals surface area contributed by atoms with Gasteiger partial charge in [0.2, 0.25) is 0 Å². The Morgan fingerprint density at radius 2 is 2.25 bits per heavy atom. The lowest BCUT2D eigenvalue weighted by molar-refractivity contribution is -0.158. The van der Waals surface area contributed by atoms with Gasteiger partial charge in [0.05, 0.1) is 5.41 Å². The van der Waals surface area contributed by atoms with Crippen LogP contribution in [-0.4, -0.2) is 11.9 Å². The molecule has 110 valence electrons. The molecule has 0 radical (unpaired) electrons. The van der Waals surface area contributed by atoms with E-state index in [1.54, 1.807) is 6.92 Å². The number of hydrogen-bond acceptors (Lipinski definition) is 3. The van der Waals surface area contributed by atoms with Crippen molar-refractivity contribution in [1.29, 1.82) is 0 Å². The minimum Gasteiger partial charge on any atom is -0.336 e. The van der Waals surface area contributed by atoms with Crippen LogP contribution in [0.4, 0.5) is 0 Å². The van der Waals surface area contributed by atoms with E-state index in [-0.39, 0.29) is 11.5 Å². The summed E-state index contributed by atoms with van der Waals surface area (Å²) in [7, 11) is 0. The Labute approximate surface area is 120 Å². The third-order valence-electron chi connectivity index (χ3n) is 4.25. The summed E-state index contributed by atoms with van der Waals surface area (Å²) < 4.78 is 0. The SMILES string of the molecule is C=C(C)C(=O)ONC(=O)C12CCC(C=C1CC(C)C)C2. The Kier molecular flexibility index (Phi) is 4.02. The molecule has 2 atom stereocenters. The molecular weight excluding hydrogens is 254 g/mol. The van der Waals surface area contributed by atoms with Crippen LogP contribution in [0.15, 0.2) is 23.8 Å². The number of amides is 1. The maximum absolute atomic E-state index is 12.5. The Balaban J connectivity index is 2.06. The molecule has 4 nitrogen and oxygen atoms in total. The number of rotatable bonds is 4. The fourth-order valence-electron chi connectivity index (χ4n) is 3.29. The van der Waals surface area contributed by atoms with Crippen LogP contribution in [0.2, 0.25) is 0 Å². The lowest BCUT2D eigenvalue weighted by atomic mass is 9.76. The summed E-state index contributed by atoms with van der Waals surface area (Å²) in [5.74, 6) is 0.255. The zero-order chi connectivity index (χ0) is 14.9. The van der Waals surface area contributed by atoms with Crippen molar-refractivity contribution in [2.75, 3.05) is 0 Å². The normalized spacial score (nSPS) is 27.4. The number of hydroxylamine groups is 1. The predicted octanol–water partition coefficient (Wildman–Crippen LogP) is 2.91. The first-order valence-corrected chi connectivity index (χ1v) is 7.23. The molecule has 2 rings (SSSR count). The zero-order valence-electron chi connectivity index (χ0n) is 12.5. The third kappa shape index (κ3) is 2.65. The molecule has 1 amide bonds. The first-order chi connectivity index (χ1) is 9.35. The van der Waals surface area contributed by atoms with Crippen LogP contribution in [0.3, 0.4) is 0 Å². The standard InChI is InChI=1S/C16H23NO3/c1-10(2)7-13-8-12-5-6-16(13,9-12)15(19)17-20-14(18)11(3)4/h8,10,12H,3,5-7,9H2,1-2,4H3,(H,17,19). The first kappa shape index (κ1) is 14.8. The van der Waals surface area contributed by atoms with Crippen LogP contribution >= 0.6 is 0 Å². The molecule has 1 N–H and O–H groups in total. The topological polar surface area (TPSA) is 55.4 Å². The van der Waals surface area contributed by atoms with Crippen LogP contribution in [0, 0.1) is 17.3 Å². The summed E-state index contributed by atoms with van der Waals surface area (Å²) in [5.41, 5.74) is 3.37. The molecule has 1 saturated carbocycles. The van der Waals surface area contributed by atoms with Gasteiger partial charge >= 0.3 is 5.97 Å². The molecular formula is C16H23NO3. The summed E-state index contributed by atoms with van der Waals surface area (Å²) in [4.78, 5) is 28.7. The summed E-state index contributed by atoms with van der Waals surface area (Å²) in [6, 6.07) is 0. The van der Waals surface area contributed by atoms with Gasteiger partial charge in [-0.15, -0.1) is 0 Å². The first-order valence-electron chi connectivity index (χ1n) is 7.23. The quantitative estimate of drug-likeness (QED) is 0.488. The van der Waals surface area contributed by atoms with Crippen molar-refractivity contribution in [1.82, 2.24) is 5.48 Å². The minimum atomic E-state index is -0.586. The van der Waals surface area contributed by atoms with Gasteiger partial charge in [-0.1, -0.05) is 32.1 Å². The van der Waals surface area contributed by atoms with Gasteiger partial charge < -0.3 is 4.84 Å². The van der Waals surface area contributed by atoms with Gasteiger partial charge in [-0.2, -0.15) is 5.48 Å². The largest absolute Gasteiger partial charge is 0.358 e. The van der Waals surface area contributed by atoms with Gasteiger partial charge in [-0.3, -0.25) is 4.79 Å². The second-order valence-electron chi connectivity index (χ2n) is 6.48. The van der Waals surface area contributed by atoms with Crippen LogP contribution in [-0.2, 0) is 14.4 Å². The fourth-order valence-corrected chi connectivity index (χ4v) is 3.29. The van der Waals surface area contributed by atoms with Crippen molar-refractivity contribution in [3.63, 3.8) is 0 Å². The van der Waals surface area contributed by atoms with Crippen molar-refractivity contribution in [2.24, 2.45) is 17.3 Å². The van der Waals surface area contributed by atoms with Crippen LogP contribution in [0.1, 0.15) is 46.5 Å².